The Kier molecular flexibility index (Phi) is 8.13. The monoisotopic (exact) mass is 282 g/mol. The van der Waals surface area contributed by atoms with Crippen molar-refractivity contribution in [3.63, 3.8) is 0 Å². The second kappa shape index (κ2) is 9.04. The quantitative estimate of drug-likeness (QED) is 0.683. The molecule has 0 aromatic carbocycles. The average Bonchev–Trinajstić information content (AvgIpc) is 2.36. The van der Waals surface area contributed by atoms with E-state index in [-0.39, 0.29) is 0 Å². The highest BCUT2D eigenvalue weighted by atomic mass is 15.1. The van der Waals surface area contributed by atoms with Crippen LogP contribution in [0.4, 0.5) is 0 Å². The van der Waals surface area contributed by atoms with Crippen molar-refractivity contribution in [2.45, 2.75) is 66.7 Å². The minimum absolute atomic E-state index is 0.540. The average molecular weight is 283 g/mol. The van der Waals surface area contributed by atoms with Gasteiger partial charge in [-0.2, -0.15) is 0 Å². The Labute approximate surface area is 127 Å². The van der Waals surface area contributed by atoms with Gasteiger partial charge in [-0.1, -0.05) is 53.9 Å². The summed E-state index contributed by atoms with van der Waals surface area (Å²) >= 11 is 0. The molecule has 0 bridgehead atoms. The summed E-state index contributed by atoms with van der Waals surface area (Å²) in [7, 11) is 0. The van der Waals surface area contributed by atoms with Gasteiger partial charge in [-0.3, -0.25) is 0 Å². The smallest absolute Gasteiger partial charge is 0.00504 e. The van der Waals surface area contributed by atoms with Crippen molar-refractivity contribution in [1.82, 2.24) is 10.2 Å². The topological polar surface area (TPSA) is 15.3 Å². The Bertz CT molecular complexity index is 232. The van der Waals surface area contributed by atoms with Gasteiger partial charge in [0, 0.05) is 26.2 Å². The molecule has 0 aromatic rings. The molecule has 1 fully saturated rings. The van der Waals surface area contributed by atoms with Gasteiger partial charge in [0.1, 0.15) is 0 Å². The van der Waals surface area contributed by atoms with Crippen LogP contribution in [0, 0.1) is 17.3 Å². The molecule has 1 aliphatic carbocycles. The molecule has 2 nitrogen and oxygen atoms in total. The van der Waals surface area contributed by atoms with Crippen LogP contribution in [0.2, 0.25) is 0 Å². The first-order chi connectivity index (χ1) is 9.47. The Morgan fingerprint density at radius 2 is 1.50 bits per heavy atom. The maximum atomic E-state index is 3.64. The molecule has 1 saturated carbocycles. The molecule has 20 heavy (non-hydrogen) atoms. The summed E-state index contributed by atoms with van der Waals surface area (Å²) in [4.78, 5) is 2.75. The molecule has 0 heterocycles. The van der Waals surface area contributed by atoms with Gasteiger partial charge in [0.05, 0.1) is 0 Å². The van der Waals surface area contributed by atoms with E-state index in [1.54, 1.807) is 0 Å². The predicted octanol–water partition coefficient (Wildman–Crippen LogP) is 4.16. The molecule has 0 spiro atoms. The third kappa shape index (κ3) is 6.58. The van der Waals surface area contributed by atoms with Gasteiger partial charge in [0.15, 0.2) is 0 Å². The highest BCUT2D eigenvalue weighted by molar-refractivity contribution is 4.88. The molecule has 2 heteroatoms. The van der Waals surface area contributed by atoms with E-state index in [9.17, 15) is 0 Å². The molecule has 0 saturated heterocycles. The lowest BCUT2D eigenvalue weighted by molar-refractivity contribution is 0.0874. The van der Waals surface area contributed by atoms with Gasteiger partial charge in [-0.05, 0) is 36.6 Å². The van der Waals surface area contributed by atoms with Crippen LogP contribution in [0.25, 0.3) is 0 Å². The maximum absolute atomic E-state index is 3.64. The van der Waals surface area contributed by atoms with Crippen molar-refractivity contribution < 1.29 is 0 Å². The molecule has 0 aliphatic heterocycles. The lowest BCUT2D eigenvalue weighted by Crippen LogP contribution is -2.47. The number of hydrogen-bond donors (Lipinski definition) is 1. The van der Waals surface area contributed by atoms with E-state index in [0.29, 0.717) is 5.41 Å². The lowest BCUT2D eigenvalue weighted by Gasteiger charge is -2.42. The van der Waals surface area contributed by atoms with E-state index in [2.05, 4.69) is 44.8 Å². The van der Waals surface area contributed by atoms with Crippen LogP contribution < -0.4 is 5.32 Å². The number of nitrogens with one attached hydrogen (secondary N) is 1. The Balaban J connectivity index is 2.66. The van der Waals surface area contributed by atoms with Gasteiger partial charge < -0.3 is 10.2 Å². The van der Waals surface area contributed by atoms with E-state index in [1.807, 2.05) is 0 Å². The molecule has 0 aromatic heterocycles. The summed E-state index contributed by atoms with van der Waals surface area (Å²) in [5.41, 5.74) is 0.540. The fourth-order valence-electron chi connectivity index (χ4n) is 3.79. The van der Waals surface area contributed by atoms with Crippen LogP contribution in [-0.2, 0) is 0 Å². The summed E-state index contributed by atoms with van der Waals surface area (Å²) in [6.45, 7) is 17.8. The second-order valence-corrected chi connectivity index (χ2v) is 7.82. The van der Waals surface area contributed by atoms with Crippen molar-refractivity contribution in [2.75, 3.05) is 32.7 Å². The minimum atomic E-state index is 0.540. The zero-order valence-electron chi connectivity index (χ0n) is 14.7. The summed E-state index contributed by atoms with van der Waals surface area (Å²) in [6, 6.07) is 0. The Morgan fingerprint density at radius 3 is 1.95 bits per heavy atom. The highest BCUT2D eigenvalue weighted by Gasteiger charge is 2.33. The fourth-order valence-corrected chi connectivity index (χ4v) is 3.79. The van der Waals surface area contributed by atoms with E-state index >= 15 is 0 Å². The molecule has 1 rings (SSSR count). The van der Waals surface area contributed by atoms with E-state index in [0.717, 1.165) is 18.4 Å². The van der Waals surface area contributed by atoms with Crippen molar-refractivity contribution in [1.29, 1.82) is 0 Å². The summed E-state index contributed by atoms with van der Waals surface area (Å²) in [5, 5.41) is 3.64. The highest BCUT2D eigenvalue weighted by Crippen LogP contribution is 2.37. The van der Waals surface area contributed by atoms with Crippen molar-refractivity contribution >= 4 is 0 Å². The molecule has 1 aliphatic rings. The zero-order valence-corrected chi connectivity index (χ0v) is 14.7. The van der Waals surface area contributed by atoms with E-state index in [1.165, 1.54) is 58.3 Å². The van der Waals surface area contributed by atoms with Gasteiger partial charge in [0.25, 0.3) is 0 Å². The predicted molar refractivity (Wildman–Crippen MR) is 90.2 cm³/mol. The summed E-state index contributed by atoms with van der Waals surface area (Å²) in [6.07, 6.45) is 7.16. The van der Waals surface area contributed by atoms with Crippen LogP contribution >= 0.6 is 0 Å². The third-order valence-corrected chi connectivity index (χ3v) is 4.47. The number of rotatable bonds is 9. The molecule has 0 unspecified atom stereocenters. The van der Waals surface area contributed by atoms with Crippen LogP contribution in [-0.4, -0.2) is 37.6 Å². The first-order valence-electron chi connectivity index (χ1n) is 8.90. The number of hydrogen-bond acceptors (Lipinski definition) is 2. The molecular weight excluding hydrogens is 244 g/mol. The number of nitrogens with zero attached hydrogens (tertiary/aromatic N) is 1. The molecule has 120 valence electrons. The fraction of sp³-hybridized carbons (Fsp3) is 1.00. The minimum Gasteiger partial charge on any atom is -0.316 e. The van der Waals surface area contributed by atoms with Gasteiger partial charge >= 0.3 is 0 Å². The lowest BCUT2D eigenvalue weighted by atomic mass is 9.73. The normalized spacial score (nSPS) is 19.2. The second-order valence-electron chi connectivity index (χ2n) is 7.82. The summed E-state index contributed by atoms with van der Waals surface area (Å²) < 4.78 is 0. The Hall–Kier alpha value is -0.0800. The zero-order chi connectivity index (χ0) is 15.0. The van der Waals surface area contributed by atoms with Crippen LogP contribution in [0.3, 0.4) is 0 Å². The molecule has 1 N–H and O–H groups in total. The van der Waals surface area contributed by atoms with Gasteiger partial charge in [-0.25, -0.2) is 0 Å². The SMILES string of the molecule is CCNCC1(CN(CC(C)C)CC(C)C)CCCCC1. The summed E-state index contributed by atoms with van der Waals surface area (Å²) in [5.74, 6) is 1.54. The van der Waals surface area contributed by atoms with Crippen LogP contribution in [0.15, 0.2) is 0 Å². The van der Waals surface area contributed by atoms with Crippen molar-refractivity contribution in [3.05, 3.63) is 0 Å². The van der Waals surface area contributed by atoms with Crippen LogP contribution in [0.5, 0.6) is 0 Å². The van der Waals surface area contributed by atoms with Gasteiger partial charge in [-0.15, -0.1) is 0 Å². The molecule has 0 atom stereocenters. The molecule has 0 radical (unpaired) electrons. The van der Waals surface area contributed by atoms with Gasteiger partial charge in [0.2, 0.25) is 0 Å². The molecular formula is C18H38N2. The standard InChI is InChI=1S/C18H38N2/c1-6-19-14-18(10-8-7-9-11-18)15-20(12-16(2)3)13-17(4)5/h16-17,19H,6-15H2,1-5H3. The Morgan fingerprint density at radius 1 is 0.950 bits per heavy atom. The van der Waals surface area contributed by atoms with E-state index < -0.39 is 0 Å². The third-order valence-electron chi connectivity index (χ3n) is 4.47. The molecule has 0 amide bonds. The van der Waals surface area contributed by atoms with Crippen molar-refractivity contribution in [3.8, 4) is 0 Å². The van der Waals surface area contributed by atoms with E-state index in [4.69, 9.17) is 0 Å². The maximum Gasteiger partial charge on any atom is 0.00504 e. The first kappa shape index (κ1) is 18.0. The van der Waals surface area contributed by atoms with Crippen LogP contribution in [0.1, 0.15) is 66.7 Å². The largest absolute Gasteiger partial charge is 0.316 e. The first-order valence-corrected chi connectivity index (χ1v) is 8.90. The van der Waals surface area contributed by atoms with Crippen molar-refractivity contribution in [2.24, 2.45) is 17.3 Å².